The van der Waals surface area contributed by atoms with Crippen molar-refractivity contribution in [3.8, 4) is 0 Å². The summed E-state index contributed by atoms with van der Waals surface area (Å²) in [7, 11) is 1.28. The number of benzene rings is 2. The van der Waals surface area contributed by atoms with Crippen LogP contribution in [-0.2, 0) is 27.3 Å². The number of hydrogen-bond donors (Lipinski definition) is 2. The van der Waals surface area contributed by atoms with Crippen molar-refractivity contribution in [1.82, 2.24) is 10.3 Å². The van der Waals surface area contributed by atoms with Gasteiger partial charge in [0, 0.05) is 28.5 Å². The topological polar surface area (TPSA) is 80.4 Å². The second kappa shape index (κ2) is 8.60. The number of carbonyl (C=O) groups excluding carboxylic acids is 2. The predicted octanol–water partition coefficient (Wildman–Crippen LogP) is 3.83. The Kier molecular flexibility index (Phi) is 5.98. The molecule has 0 aliphatic rings. The van der Waals surface area contributed by atoms with Crippen LogP contribution in [0.5, 0.6) is 0 Å². The molecule has 140 valence electrons. The predicted molar refractivity (Wildman–Crippen MR) is 103 cm³/mol. The van der Waals surface area contributed by atoms with E-state index in [0.29, 0.717) is 5.02 Å². The number of esters is 1. The van der Waals surface area contributed by atoms with Gasteiger partial charge in [-0.15, -0.1) is 0 Å². The zero-order chi connectivity index (χ0) is 19.2. The van der Waals surface area contributed by atoms with Gasteiger partial charge in [0.05, 0.1) is 7.11 Å². The lowest BCUT2D eigenvalue weighted by molar-refractivity contribution is -0.142. The number of halogens is 1. The molecule has 0 aliphatic carbocycles. The highest BCUT2D eigenvalue weighted by Crippen LogP contribution is 2.23. The molecule has 1 amide bonds. The highest BCUT2D eigenvalue weighted by Gasteiger charge is 2.24. The summed E-state index contributed by atoms with van der Waals surface area (Å²) in [5.74, 6) is -0.546. The first-order valence-electron chi connectivity index (χ1n) is 8.37. The molecule has 2 N–H and O–H groups in total. The van der Waals surface area contributed by atoms with Gasteiger partial charge in [0.1, 0.15) is 12.6 Å². The minimum atomic E-state index is -0.868. The second-order valence-corrected chi connectivity index (χ2v) is 6.43. The molecule has 1 heterocycles. The Hall–Kier alpha value is -2.99. The fourth-order valence-electron chi connectivity index (χ4n) is 2.79. The molecule has 0 bridgehead atoms. The van der Waals surface area contributed by atoms with Crippen LogP contribution in [0, 0.1) is 0 Å². The van der Waals surface area contributed by atoms with Crippen molar-refractivity contribution < 1.29 is 19.1 Å². The SMILES string of the molecule is COC(=O)C(Cc1c[nH]c2cc(Cl)ccc12)NC(=O)OCc1ccccc1. The zero-order valence-corrected chi connectivity index (χ0v) is 15.5. The average Bonchev–Trinajstić information content (AvgIpc) is 3.07. The molecule has 0 saturated carbocycles. The van der Waals surface area contributed by atoms with Crippen molar-refractivity contribution in [2.45, 2.75) is 19.1 Å². The van der Waals surface area contributed by atoms with Gasteiger partial charge < -0.3 is 19.8 Å². The fraction of sp³-hybridized carbons (Fsp3) is 0.200. The smallest absolute Gasteiger partial charge is 0.408 e. The first-order chi connectivity index (χ1) is 13.1. The summed E-state index contributed by atoms with van der Waals surface area (Å²) >= 11 is 5.99. The van der Waals surface area contributed by atoms with E-state index in [9.17, 15) is 9.59 Å². The highest BCUT2D eigenvalue weighted by atomic mass is 35.5. The summed E-state index contributed by atoms with van der Waals surface area (Å²) in [5, 5.41) is 4.11. The van der Waals surface area contributed by atoms with E-state index in [-0.39, 0.29) is 13.0 Å². The number of hydrogen-bond acceptors (Lipinski definition) is 4. The number of methoxy groups -OCH3 is 1. The largest absolute Gasteiger partial charge is 0.467 e. The maximum absolute atomic E-state index is 12.1. The van der Waals surface area contributed by atoms with Gasteiger partial charge in [0.25, 0.3) is 0 Å². The van der Waals surface area contributed by atoms with Crippen LogP contribution >= 0.6 is 11.6 Å². The van der Waals surface area contributed by atoms with Gasteiger partial charge in [-0.05, 0) is 23.3 Å². The van der Waals surface area contributed by atoms with E-state index in [1.807, 2.05) is 36.4 Å². The molecule has 1 aromatic heterocycles. The number of H-pyrrole nitrogens is 1. The Labute approximate surface area is 161 Å². The van der Waals surface area contributed by atoms with Crippen molar-refractivity contribution in [3.63, 3.8) is 0 Å². The quantitative estimate of drug-likeness (QED) is 0.631. The number of carbonyl (C=O) groups is 2. The van der Waals surface area contributed by atoms with Gasteiger partial charge >= 0.3 is 12.1 Å². The normalized spacial score (nSPS) is 11.8. The van der Waals surface area contributed by atoms with Crippen LogP contribution in [0.3, 0.4) is 0 Å². The maximum Gasteiger partial charge on any atom is 0.408 e. The lowest BCUT2D eigenvalue weighted by Gasteiger charge is -2.16. The van der Waals surface area contributed by atoms with Gasteiger partial charge in [0.2, 0.25) is 0 Å². The number of rotatable bonds is 6. The third kappa shape index (κ3) is 4.80. The standard InChI is InChI=1S/C20H19ClN2O4/c1-26-19(24)18(23-20(25)27-12-13-5-3-2-4-6-13)9-14-11-22-17-10-15(21)7-8-16(14)17/h2-8,10-11,18,22H,9,12H2,1H3,(H,23,25). The monoisotopic (exact) mass is 386 g/mol. The number of nitrogens with one attached hydrogen (secondary N) is 2. The molecule has 3 rings (SSSR count). The molecule has 7 heteroatoms. The molecule has 0 fully saturated rings. The van der Waals surface area contributed by atoms with Crippen LogP contribution in [0.2, 0.25) is 5.02 Å². The third-order valence-corrected chi connectivity index (χ3v) is 4.38. The Morgan fingerprint density at radius 3 is 2.70 bits per heavy atom. The van der Waals surface area contributed by atoms with Gasteiger partial charge in [-0.25, -0.2) is 9.59 Å². The highest BCUT2D eigenvalue weighted by molar-refractivity contribution is 6.31. The second-order valence-electron chi connectivity index (χ2n) is 5.99. The van der Waals surface area contributed by atoms with Crippen molar-refractivity contribution in [1.29, 1.82) is 0 Å². The van der Waals surface area contributed by atoms with Crippen molar-refractivity contribution in [3.05, 3.63) is 70.9 Å². The summed E-state index contributed by atoms with van der Waals surface area (Å²) < 4.78 is 10.0. The van der Waals surface area contributed by atoms with E-state index in [0.717, 1.165) is 22.0 Å². The number of ether oxygens (including phenoxy) is 2. The Balaban J connectivity index is 1.68. The Bertz CT molecular complexity index is 940. The van der Waals surface area contributed by atoms with E-state index in [1.165, 1.54) is 7.11 Å². The third-order valence-electron chi connectivity index (χ3n) is 4.14. The number of fused-ring (bicyclic) bond motifs is 1. The van der Waals surface area contributed by atoms with Crippen LogP contribution in [-0.4, -0.2) is 30.2 Å². The molecule has 6 nitrogen and oxygen atoms in total. The van der Waals surface area contributed by atoms with E-state index in [1.54, 1.807) is 18.3 Å². The van der Waals surface area contributed by atoms with E-state index in [4.69, 9.17) is 21.1 Å². The molecule has 0 spiro atoms. The van der Waals surface area contributed by atoms with E-state index < -0.39 is 18.1 Å². The summed E-state index contributed by atoms with van der Waals surface area (Å²) in [4.78, 5) is 27.3. The van der Waals surface area contributed by atoms with Crippen molar-refractivity contribution in [2.75, 3.05) is 7.11 Å². The minimum absolute atomic E-state index is 0.117. The lowest BCUT2D eigenvalue weighted by Crippen LogP contribution is -2.43. The zero-order valence-electron chi connectivity index (χ0n) is 14.7. The van der Waals surface area contributed by atoms with Crippen LogP contribution in [0.1, 0.15) is 11.1 Å². The van der Waals surface area contributed by atoms with E-state index in [2.05, 4.69) is 10.3 Å². The molecular weight excluding hydrogens is 368 g/mol. The Morgan fingerprint density at radius 2 is 1.96 bits per heavy atom. The molecular formula is C20H19ClN2O4. The molecule has 1 atom stereocenters. The van der Waals surface area contributed by atoms with Gasteiger partial charge in [0.15, 0.2) is 0 Å². The summed E-state index contributed by atoms with van der Waals surface area (Å²) in [6.45, 7) is 0.117. The number of amides is 1. The average molecular weight is 387 g/mol. The Morgan fingerprint density at radius 1 is 1.19 bits per heavy atom. The minimum Gasteiger partial charge on any atom is -0.467 e. The van der Waals surface area contributed by atoms with Crippen molar-refractivity contribution >= 4 is 34.6 Å². The van der Waals surface area contributed by atoms with Crippen molar-refractivity contribution in [2.24, 2.45) is 0 Å². The summed E-state index contributed by atoms with van der Waals surface area (Å²) in [5.41, 5.74) is 2.57. The molecule has 0 aliphatic heterocycles. The van der Waals surface area contributed by atoms with Crippen LogP contribution in [0.15, 0.2) is 54.7 Å². The van der Waals surface area contributed by atoms with Gasteiger partial charge in [-0.3, -0.25) is 0 Å². The molecule has 3 aromatic rings. The molecule has 0 radical (unpaired) electrons. The fourth-order valence-corrected chi connectivity index (χ4v) is 2.96. The molecule has 27 heavy (non-hydrogen) atoms. The van der Waals surface area contributed by atoms with Crippen LogP contribution in [0.4, 0.5) is 4.79 Å². The summed E-state index contributed by atoms with van der Waals surface area (Å²) in [6.07, 6.45) is 1.36. The van der Waals surface area contributed by atoms with Crippen LogP contribution < -0.4 is 5.32 Å². The maximum atomic E-state index is 12.1. The van der Waals surface area contributed by atoms with E-state index >= 15 is 0 Å². The van der Waals surface area contributed by atoms with Crippen LogP contribution in [0.25, 0.3) is 10.9 Å². The summed E-state index contributed by atoms with van der Waals surface area (Å²) in [6, 6.07) is 13.9. The first kappa shape index (κ1) is 18.8. The number of aromatic nitrogens is 1. The number of aromatic amines is 1. The van der Waals surface area contributed by atoms with Gasteiger partial charge in [-0.2, -0.15) is 0 Å². The molecule has 1 unspecified atom stereocenters. The number of alkyl carbamates (subject to hydrolysis) is 1. The molecule has 0 saturated heterocycles. The lowest BCUT2D eigenvalue weighted by atomic mass is 10.1. The van der Waals surface area contributed by atoms with Gasteiger partial charge in [-0.1, -0.05) is 48.0 Å². The first-order valence-corrected chi connectivity index (χ1v) is 8.75. The molecule has 2 aromatic carbocycles.